The van der Waals surface area contributed by atoms with E-state index in [0.717, 1.165) is 0 Å². The molecular weight excluding hydrogens is 577 g/mol. The molecule has 3 unspecified atom stereocenters. The molecule has 0 aliphatic carbocycles. The lowest BCUT2D eigenvalue weighted by atomic mass is 9.89. The Morgan fingerprint density at radius 3 is 2.66 bits per heavy atom. The number of imidazole rings is 1. The minimum atomic E-state index is -3.07. The molecular formula is C31H39F3N6O4. The molecule has 1 aromatic carbocycles. The summed E-state index contributed by atoms with van der Waals surface area (Å²) in [6, 6.07) is 1.98. The fourth-order valence-electron chi connectivity index (χ4n) is 6.43. The molecule has 0 bridgehead atoms. The highest BCUT2D eigenvalue weighted by atomic mass is 19.3. The second-order valence-corrected chi connectivity index (χ2v) is 12.4. The lowest BCUT2D eigenvalue weighted by Gasteiger charge is -2.32. The van der Waals surface area contributed by atoms with E-state index < -0.39 is 53.8 Å². The molecule has 4 heterocycles. The van der Waals surface area contributed by atoms with Crippen LogP contribution in [0.15, 0.2) is 46.9 Å². The molecule has 3 aliphatic rings. The van der Waals surface area contributed by atoms with Gasteiger partial charge in [-0.1, -0.05) is 12.1 Å². The number of rotatable bonds is 10. The molecule has 238 valence electrons. The number of esters is 1. The zero-order chi connectivity index (χ0) is 32.0. The highest BCUT2D eigenvalue weighted by molar-refractivity contribution is 6.02. The van der Waals surface area contributed by atoms with Crippen LogP contribution in [0, 0.1) is 18.2 Å². The van der Waals surface area contributed by atoms with Crippen LogP contribution in [0.5, 0.6) is 0 Å². The van der Waals surface area contributed by atoms with E-state index in [1.54, 1.807) is 73.6 Å². The van der Waals surface area contributed by atoms with Gasteiger partial charge in [0.15, 0.2) is 11.7 Å². The zero-order valence-corrected chi connectivity index (χ0v) is 25.6. The number of hydrogen-bond donors (Lipinski definition) is 2. The first-order chi connectivity index (χ1) is 20.7. The minimum absolute atomic E-state index is 0.0341. The van der Waals surface area contributed by atoms with E-state index >= 15 is 8.78 Å². The number of aromatic nitrogens is 2. The third kappa shape index (κ3) is 5.86. The molecule has 1 aromatic heterocycles. The van der Waals surface area contributed by atoms with Crippen LogP contribution in [0.2, 0.25) is 0 Å². The van der Waals surface area contributed by atoms with Gasteiger partial charge in [0.1, 0.15) is 11.9 Å². The smallest absolute Gasteiger partial charge is 0.338 e. The number of alkyl halides is 2. The van der Waals surface area contributed by atoms with Gasteiger partial charge in [-0.15, -0.1) is 0 Å². The maximum Gasteiger partial charge on any atom is 0.338 e. The third-order valence-corrected chi connectivity index (χ3v) is 9.01. The Kier molecular flexibility index (Phi) is 8.65. The molecule has 3 aliphatic heterocycles. The summed E-state index contributed by atoms with van der Waals surface area (Å²) in [5.74, 6) is -4.38. The molecule has 2 fully saturated rings. The SMILES string of the molecule is CCOC(=O)C1=C(CN2CC(F)(F)C3C2CCN3CCC(C)(C)C(=O)O)NC(c2nccn2C)=NC1c1cccc(F)c1C. The summed E-state index contributed by atoms with van der Waals surface area (Å²) in [5, 5.41) is 12.7. The number of nitrogens with zero attached hydrogens (tertiary/aromatic N) is 5. The minimum Gasteiger partial charge on any atom is -0.481 e. The first kappa shape index (κ1) is 31.7. The number of nitrogens with one attached hydrogen (secondary N) is 1. The van der Waals surface area contributed by atoms with Crippen LogP contribution in [-0.2, 0) is 21.4 Å². The van der Waals surface area contributed by atoms with Gasteiger partial charge >= 0.3 is 11.9 Å². The van der Waals surface area contributed by atoms with Gasteiger partial charge in [0.05, 0.1) is 30.2 Å². The van der Waals surface area contributed by atoms with Crippen molar-refractivity contribution in [1.82, 2.24) is 24.7 Å². The van der Waals surface area contributed by atoms with Gasteiger partial charge in [-0.2, -0.15) is 0 Å². The number of carbonyl (C=O) groups is 2. The normalized spacial score (nSPS) is 23.8. The first-order valence-electron chi connectivity index (χ1n) is 14.8. The standard InChI is InChI=1S/C31H39F3N6O4/c1-6-44-28(41)23-21(16-40-17-31(33,34)25-22(40)10-13-39(25)14-11-30(3,4)29(42)43)36-26(27-35-12-15-38(27)5)37-24(23)19-8-7-9-20(32)18(19)2/h7-9,12,15,22,24-25H,6,10-11,13-14,16-17H2,1-5H3,(H,36,37)(H,42,43). The van der Waals surface area contributed by atoms with Crippen molar-refractivity contribution in [2.45, 2.75) is 64.6 Å². The quantitative estimate of drug-likeness (QED) is 0.389. The maximum atomic E-state index is 15.7. The van der Waals surface area contributed by atoms with E-state index in [1.807, 2.05) is 0 Å². The van der Waals surface area contributed by atoms with Gasteiger partial charge in [-0.25, -0.2) is 22.9 Å². The molecule has 0 spiro atoms. The molecule has 5 rings (SSSR count). The molecule has 3 atom stereocenters. The largest absolute Gasteiger partial charge is 0.481 e. The summed E-state index contributed by atoms with van der Waals surface area (Å²) in [6.45, 7) is 6.60. The summed E-state index contributed by atoms with van der Waals surface area (Å²) in [6.07, 6.45) is 4.02. The van der Waals surface area contributed by atoms with E-state index in [0.29, 0.717) is 41.4 Å². The zero-order valence-electron chi connectivity index (χ0n) is 25.6. The van der Waals surface area contributed by atoms with Crippen molar-refractivity contribution in [3.8, 4) is 0 Å². The fraction of sp³-hybridized carbons (Fsp3) is 0.548. The molecule has 0 saturated carbocycles. The van der Waals surface area contributed by atoms with Gasteiger partial charge in [-0.05, 0) is 64.3 Å². The number of ether oxygens (including phenoxy) is 1. The van der Waals surface area contributed by atoms with Gasteiger partial charge < -0.3 is 19.7 Å². The molecule has 0 radical (unpaired) electrons. The number of carbonyl (C=O) groups excluding carboxylic acids is 1. The topological polar surface area (TPSA) is 112 Å². The molecule has 2 saturated heterocycles. The Hall–Kier alpha value is -3.71. The van der Waals surface area contributed by atoms with Crippen LogP contribution in [-0.4, -0.2) is 93.0 Å². The summed E-state index contributed by atoms with van der Waals surface area (Å²) in [4.78, 5) is 37.7. The van der Waals surface area contributed by atoms with Crippen molar-refractivity contribution in [3.63, 3.8) is 0 Å². The second kappa shape index (κ2) is 12.0. The molecule has 13 heteroatoms. The summed E-state index contributed by atoms with van der Waals surface area (Å²) in [7, 11) is 1.78. The lowest BCUT2D eigenvalue weighted by molar-refractivity contribution is -0.147. The molecule has 2 N–H and O–H groups in total. The number of carboxylic acids is 1. The number of carboxylic acid groups (broad SMARTS) is 1. The number of hydrogen-bond acceptors (Lipinski definition) is 8. The number of fused-ring (bicyclic) bond motifs is 1. The second-order valence-electron chi connectivity index (χ2n) is 12.4. The monoisotopic (exact) mass is 616 g/mol. The van der Waals surface area contributed by atoms with Gasteiger partial charge in [0.2, 0.25) is 0 Å². The van der Waals surface area contributed by atoms with Crippen molar-refractivity contribution in [3.05, 3.63) is 64.6 Å². The van der Waals surface area contributed by atoms with Crippen molar-refractivity contribution >= 4 is 17.8 Å². The number of halogens is 3. The number of aryl methyl sites for hydroxylation is 1. The molecule has 44 heavy (non-hydrogen) atoms. The maximum absolute atomic E-state index is 15.7. The van der Waals surface area contributed by atoms with Crippen LogP contribution in [0.1, 0.15) is 56.6 Å². The van der Waals surface area contributed by atoms with Gasteiger partial charge in [0, 0.05) is 44.3 Å². The van der Waals surface area contributed by atoms with Crippen LogP contribution < -0.4 is 5.32 Å². The lowest BCUT2D eigenvalue weighted by Crippen LogP contribution is -2.46. The number of amidine groups is 1. The number of benzene rings is 1. The van der Waals surface area contributed by atoms with Gasteiger partial charge in [0.25, 0.3) is 5.92 Å². The van der Waals surface area contributed by atoms with E-state index in [9.17, 15) is 19.1 Å². The predicted molar refractivity (Wildman–Crippen MR) is 157 cm³/mol. The van der Waals surface area contributed by atoms with Crippen molar-refractivity contribution < 1.29 is 32.6 Å². The van der Waals surface area contributed by atoms with E-state index in [2.05, 4.69) is 10.3 Å². The average molecular weight is 617 g/mol. The van der Waals surface area contributed by atoms with E-state index in [-0.39, 0.29) is 31.7 Å². The average Bonchev–Trinajstić information content (AvgIpc) is 3.65. The van der Waals surface area contributed by atoms with Crippen LogP contribution in [0.4, 0.5) is 13.2 Å². The highest BCUT2D eigenvalue weighted by Gasteiger charge is 2.59. The van der Waals surface area contributed by atoms with E-state index in [1.165, 1.54) is 6.07 Å². The predicted octanol–water partition coefficient (Wildman–Crippen LogP) is 3.67. The van der Waals surface area contributed by atoms with E-state index in [4.69, 9.17) is 9.73 Å². The highest BCUT2D eigenvalue weighted by Crippen LogP contribution is 2.43. The van der Waals surface area contributed by atoms with Crippen LogP contribution in [0.3, 0.4) is 0 Å². The molecule has 0 amide bonds. The number of aliphatic carboxylic acids is 1. The van der Waals surface area contributed by atoms with Gasteiger partial charge in [-0.3, -0.25) is 19.6 Å². The molecule has 10 nitrogen and oxygen atoms in total. The summed E-state index contributed by atoms with van der Waals surface area (Å²) in [5.41, 5.74) is 0.195. The summed E-state index contributed by atoms with van der Waals surface area (Å²) < 4.78 is 53.3. The van der Waals surface area contributed by atoms with Crippen LogP contribution >= 0.6 is 0 Å². The van der Waals surface area contributed by atoms with Crippen molar-refractivity contribution in [2.75, 3.05) is 32.8 Å². The summed E-state index contributed by atoms with van der Waals surface area (Å²) >= 11 is 0. The fourth-order valence-corrected chi connectivity index (χ4v) is 6.43. The Balaban J connectivity index is 1.52. The Morgan fingerprint density at radius 1 is 1.25 bits per heavy atom. The Morgan fingerprint density at radius 2 is 2.00 bits per heavy atom. The third-order valence-electron chi connectivity index (χ3n) is 9.01. The van der Waals surface area contributed by atoms with Crippen LogP contribution in [0.25, 0.3) is 0 Å². The molecule has 2 aromatic rings. The Bertz CT molecular complexity index is 1500. The van der Waals surface area contributed by atoms with Crippen molar-refractivity contribution in [2.24, 2.45) is 17.5 Å². The number of likely N-dealkylation sites (tertiary alicyclic amines) is 2. The van der Waals surface area contributed by atoms with Crippen molar-refractivity contribution in [1.29, 1.82) is 0 Å². The number of aliphatic imine (C=N–C) groups is 1. The first-order valence-corrected chi connectivity index (χ1v) is 14.8. The Labute approximate surface area is 254 Å².